The van der Waals surface area contributed by atoms with Crippen molar-refractivity contribution in [3.8, 4) is 0 Å². The number of carbonyl (C=O) groups excluding carboxylic acids is 1. The molecule has 1 unspecified atom stereocenters. The van der Waals surface area contributed by atoms with Crippen LogP contribution in [0.1, 0.15) is 48.9 Å². The maximum atomic E-state index is 11.9. The van der Waals surface area contributed by atoms with Crippen LogP contribution in [0.25, 0.3) is 0 Å². The molecular formula is C22H27N3OS. The van der Waals surface area contributed by atoms with E-state index in [9.17, 15) is 4.79 Å². The van der Waals surface area contributed by atoms with E-state index in [0.29, 0.717) is 11.5 Å². The third-order valence-electron chi connectivity index (χ3n) is 5.02. The van der Waals surface area contributed by atoms with E-state index in [0.717, 1.165) is 30.8 Å². The Bertz CT molecular complexity index is 832. The van der Waals surface area contributed by atoms with Gasteiger partial charge in [-0.2, -0.15) is 0 Å². The van der Waals surface area contributed by atoms with Gasteiger partial charge in [-0.15, -0.1) is 0 Å². The topological polar surface area (TPSA) is 44.4 Å². The minimum absolute atomic E-state index is 0.173. The Morgan fingerprint density at radius 1 is 1.19 bits per heavy atom. The summed E-state index contributed by atoms with van der Waals surface area (Å²) < 4.78 is 0. The van der Waals surface area contributed by atoms with Crippen molar-refractivity contribution in [2.24, 2.45) is 0 Å². The number of carbonyl (C=O) groups is 1. The normalized spacial score (nSPS) is 14.9. The van der Waals surface area contributed by atoms with Crippen molar-refractivity contribution >= 4 is 34.6 Å². The summed E-state index contributed by atoms with van der Waals surface area (Å²) in [5.74, 6) is 0.201. The van der Waals surface area contributed by atoms with E-state index in [2.05, 4.69) is 49.6 Å². The Morgan fingerprint density at radius 2 is 1.93 bits per heavy atom. The van der Waals surface area contributed by atoms with Crippen molar-refractivity contribution in [3.05, 3.63) is 59.2 Å². The molecule has 1 heterocycles. The average Bonchev–Trinajstić information content (AvgIpc) is 3.07. The lowest BCUT2D eigenvalue weighted by Gasteiger charge is -2.22. The molecule has 2 N–H and O–H groups in total. The summed E-state index contributed by atoms with van der Waals surface area (Å²) >= 11 is 5.52. The molecule has 0 bridgehead atoms. The molecule has 0 aromatic heterocycles. The third kappa shape index (κ3) is 4.66. The monoisotopic (exact) mass is 381 g/mol. The fraction of sp³-hybridized carbons (Fsp3) is 0.364. The van der Waals surface area contributed by atoms with E-state index in [4.69, 9.17) is 12.2 Å². The highest BCUT2D eigenvalue weighted by atomic mass is 32.1. The van der Waals surface area contributed by atoms with Crippen LogP contribution in [0.5, 0.6) is 0 Å². The fourth-order valence-electron chi connectivity index (χ4n) is 3.59. The van der Waals surface area contributed by atoms with Gasteiger partial charge in [0, 0.05) is 24.3 Å². The minimum atomic E-state index is 0.173. The van der Waals surface area contributed by atoms with Crippen LogP contribution >= 0.6 is 12.2 Å². The Labute approximate surface area is 167 Å². The molecule has 1 amide bonds. The molecule has 2 aromatic carbocycles. The number of hydrogen-bond acceptors (Lipinski definition) is 2. The highest BCUT2D eigenvalue weighted by Crippen LogP contribution is 2.24. The standard InChI is InChI=1S/C22H27N3OS/c1-4-20(19-12-7-15(2)14-16(19)3)24-22(27)23-17-8-10-18(11-9-17)25-13-5-6-21(25)26/h7-12,14,20H,4-6,13H2,1-3H3,(H2,23,24,27). The number of hydrogen-bond donors (Lipinski definition) is 2. The van der Waals surface area contributed by atoms with Gasteiger partial charge in [-0.25, -0.2) is 0 Å². The lowest BCUT2D eigenvalue weighted by molar-refractivity contribution is -0.117. The van der Waals surface area contributed by atoms with Crippen LogP contribution in [0.2, 0.25) is 0 Å². The molecule has 27 heavy (non-hydrogen) atoms. The molecule has 1 atom stereocenters. The van der Waals surface area contributed by atoms with Crippen LogP contribution in [0, 0.1) is 13.8 Å². The van der Waals surface area contributed by atoms with E-state index in [-0.39, 0.29) is 11.9 Å². The minimum Gasteiger partial charge on any atom is -0.356 e. The summed E-state index contributed by atoms with van der Waals surface area (Å²) in [5, 5.41) is 7.28. The number of nitrogens with zero attached hydrogens (tertiary/aromatic N) is 1. The number of nitrogens with one attached hydrogen (secondary N) is 2. The van der Waals surface area contributed by atoms with Crippen molar-refractivity contribution < 1.29 is 4.79 Å². The SMILES string of the molecule is CCC(NC(=S)Nc1ccc(N2CCCC2=O)cc1)c1ccc(C)cc1C. The molecule has 142 valence electrons. The van der Waals surface area contributed by atoms with E-state index in [1.165, 1.54) is 16.7 Å². The Kier molecular flexibility index (Phi) is 6.11. The van der Waals surface area contributed by atoms with Gasteiger partial charge in [0.1, 0.15) is 0 Å². The number of thiocarbonyl (C=S) groups is 1. The molecule has 0 aliphatic carbocycles. The molecule has 1 aliphatic heterocycles. The van der Waals surface area contributed by atoms with Crippen molar-refractivity contribution in [2.45, 2.75) is 46.1 Å². The average molecular weight is 382 g/mol. The second kappa shape index (κ2) is 8.53. The van der Waals surface area contributed by atoms with Gasteiger partial charge in [0.2, 0.25) is 5.91 Å². The lowest BCUT2D eigenvalue weighted by atomic mass is 9.98. The van der Waals surface area contributed by atoms with Crippen LogP contribution in [0.3, 0.4) is 0 Å². The molecule has 2 aromatic rings. The van der Waals surface area contributed by atoms with Gasteiger partial charge in [0.15, 0.2) is 5.11 Å². The molecule has 0 radical (unpaired) electrons. The maximum absolute atomic E-state index is 11.9. The van der Waals surface area contributed by atoms with Gasteiger partial charge in [0.25, 0.3) is 0 Å². The van der Waals surface area contributed by atoms with Crippen molar-refractivity contribution in [1.29, 1.82) is 0 Å². The summed E-state index contributed by atoms with van der Waals surface area (Å²) in [5.41, 5.74) is 5.68. The first-order chi connectivity index (χ1) is 13.0. The van der Waals surface area contributed by atoms with Gasteiger partial charge in [-0.05, 0) is 74.3 Å². The van der Waals surface area contributed by atoms with Gasteiger partial charge < -0.3 is 15.5 Å². The predicted octanol–water partition coefficient (Wildman–Crippen LogP) is 4.87. The Morgan fingerprint density at radius 3 is 2.52 bits per heavy atom. The van der Waals surface area contributed by atoms with Crippen molar-refractivity contribution in [1.82, 2.24) is 5.32 Å². The summed E-state index contributed by atoms with van der Waals surface area (Å²) in [6.07, 6.45) is 2.52. The predicted molar refractivity (Wildman–Crippen MR) is 116 cm³/mol. The van der Waals surface area contributed by atoms with Crippen LogP contribution < -0.4 is 15.5 Å². The van der Waals surface area contributed by atoms with Gasteiger partial charge >= 0.3 is 0 Å². The molecule has 0 spiro atoms. The highest BCUT2D eigenvalue weighted by molar-refractivity contribution is 7.80. The molecule has 0 saturated carbocycles. The van der Waals surface area contributed by atoms with E-state index >= 15 is 0 Å². The Hall–Kier alpha value is -2.40. The van der Waals surface area contributed by atoms with E-state index in [1.807, 2.05) is 29.2 Å². The number of amides is 1. The van der Waals surface area contributed by atoms with Crippen LogP contribution in [0.15, 0.2) is 42.5 Å². The first-order valence-corrected chi connectivity index (χ1v) is 9.94. The first kappa shape index (κ1) is 19.4. The van der Waals surface area contributed by atoms with Crippen molar-refractivity contribution in [3.63, 3.8) is 0 Å². The lowest BCUT2D eigenvalue weighted by Crippen LogP contribution is -2.32. The maximum Gasteiger partial charge on any atom is 0.227 e. The number of aryl methyl sites for hydroxylation is 2. The zero-order valence-electron chi connectivity index (χ0n) is 16.2. The van der Waals surface area contributed by atoms with E-state index < -0.39 is 0 Å². The number of anilines is 2. The molecule has 1 aliphatic rings. The molecule has 1 saturated heterocycles. The summed E-state index contributed by atoms with van der Waals surface area (Å²) in [6.45, 7) is 7.21. The van der Waals surface area contributed by atoms with Crippen LogP contribution in [-0.2, 0) is 4.79 Å². The highest BCUT2D eigenvalue weighted by Gasteiger charge is 2.21. The molecule has 4 nitrogen and oxygen atoms in total. The number of benzene rings is 2. The molecule has 3 rings (SSSR count). The van der Waals surface area contributed by atoms with Gasteiger partial charge in [-0.3, -0.25) is 4.79 Å². The zero-order valence-corrected chi connectivity index (χ0v) is 17.0. The third-order valence-corrected chi connectivity index (χ3v) is 5.24. The quantitative estimate of drug-likeness (QED) is 0.726. The second-order valence-electron chi connectivity index (χ2n) is 7.12. The fourth-order valence-corrected chi connectivity index (χ4v) is 3.85. The molecular weight excluding hydrogens is 354 g/mol. The number of rotatable bonds is 5. The first-order valence-electron chi connectivity index (χ1n) is 9.53. The van der Waals surface area contributed by atoms with Crippen LogP contribution in [-0.4, -0.2) is 17.6 Å². The Balaban J connectivity index is 1.63. The largest absolute Gasteiger partial charge is 0.356 e. The molecule has 5 heteroatoms. The van der Waals surface area contributed by atoms with Crippen LogP contribution in [0.4, 0.5) is 11.4 Å². The molecule has 1 fully saturated rings. The van der Waals surface area contributed by atoms with Gasteiger partial charge in [-0.1, -0.05) is 30.7 Å². The van der Waals surface area contributed by atoms with Gasteiger partial charge in [0.05, 0.1) is 6.04 Å². The summed E-state index contributed by atoms with van der Waals surface area (Å²) in [6, 6.07) is 14.6. The smallest absolute Gasteiger partial charge is 0.227 e. The summed E-state index contributed by atoms with van der Waals surface area (Å²) in [7, 11) is 0. The summed E-state index contributed by atoms with van der Waals surface area (Å²) in [4.78, 5) is 13.7. The zero-order chi connectivity index (χ0) is 19.4. The second-order valence-corrected chi connectivity index (χ2v) is 7.52. The van der Waals surface area contributed by atoms with Crippen molar-refractivity contribution in [2.75, 3.05) is 16.8 Å². The van der Waals surface area contributed by atoms with E-state index in [1.54, 1.807) is 0 Å².